The topological polar surface area (TPSA) is 41.5 Å². The van der Waals surface area contributed by atoms with E-state index in [0.717, 1.165) is 30.0 Å². The highest BCUT2D eigenvalue weighted by Gasteiger charge is 1.98. The van der Waals surface area contributed by atoms with Crippen molar-refractivity contribution in [2.45, 2.75) is 13.3 Å². The van der Waals surface area contributed by atoms with Crippen LogP contribution in [0.3, 0.4) is 0 Å². The van der Waals surface area contributed by atoms with E-state index in [0.29, 0.717) is 0 Å². The van der Waals surface area contributed by atoms with Crippen molar-refractivity contribution in [1.82, 2.24) is 0 Å². The molecule has 0 heterocycles. The second-order valence-corrected chi connectivity index (χ2v) is 3.18. The standard InChI is InChI=1S/C11H17NO2/c1-9-8-10(14-2)4-5-11(9)12-6-3-7-13/h4-5,8,12-13H,3,6-7H2,1-2H3. The lowest BCUT2D eigenvalue weighted by Crippen LogP contribution is -2.04. The molecule has 3 heteroatoms. The summed E-state index contributed by atoms with van der Waals surface area (Å²) in [6, 6.07) is 5.90. The van der Waals surface area contributed by atoms with Crippen LogP contribution in [0.2, 0.25) is 0 Å². The number of aliphatic hydroxyl groups is 1. The highest BCUT2D eigenvalue weighted by molar-refractivity contribution is 5.53. The summed E-state index contributed by atoms with van der Waals surface area (Å²) < 4.78 is 5.11. The number of anilines is 1. The third-order valence-electron chi connectivity index (χ3n) is 2.08. The fourth-order valence-electron chi connectivity index (χ4n) is 1.26. The van der Waals surface area contributed by atoms with E-state index in [4.69, 9.17) is 9.84 Å². The van der Waals surface area contributed by atoms with Crippen LogP contribution in [0.15, 0.2) is 18.2 Å². The van der Waals surface area contributed by atoms with Crippen LogP contribution in [0.1, 0.15) is 12.0 Å². The summed E-state index contributed by atoms with van der Waals surface area (Å²) in [6.45, 7) is 3.05. The molecule has 0 saturated carbocycles. The number of hydrogen-bond donors (Lipinski definition) is 2. The Kier molecular flexibility index (Phi) is 4.26. The molecule has 0 aliphatic rings. The molecule has 0 atom stereocenters. The Labute approximate surface area is 84.7 Å². The van der Waals surface area contributed by atoms with Crippen molar-refractivity contribution >= 4 is 5.69 Å². The summed E-state index contributed by atoms with van der Waals surface area (Å²) in [5.74, 6) is 0.871. The lowest BCUT2D eigenvalue weighted by Gasteiger charge is -2.09. The number of rotatable bonds is 5. The molecule has 1 aromatic rings. The summed E-state index contributed by atoms with van der Waals surface area (Å²) in [5, 5.41) is 11.9. The normalized spacial score (nSPS) is 9.93. The van der Waals surface area contributed by atoms with Crippen molar-refractivity contribution in [3.05, 3.63) is 23.8 Å². The zero-order valence-corrected chi connectivity index (χ0v) is 8.71. The predicted molar refractivity (Wildman–Crippen MR) is 57.9 cm³/mol. The first-order valence-corrected chi connectivity index (χ1v) is 4.77. The molecule has 0 fully saturated rings. The lowest BCUT2D eigenvalue weighted by atomic mass is 10.2. The molecule has 0 unspecified atom stereocenters. The van der Waals surface area contributed by atoms with Crippen LogP contribution in [0.25, 0.3) is 0 Å². The summed E-state index contributed by atoms with van der Waals surface area (Å²) in [4.78, 5) is 0. The van der Waals surface area contributed by atoms with E-state index in [9.17, 15) is 0 Å². The fraction of sp³-hybridized carbons (Fsp3) is 0.455. The van der Waals surface area contributed by atoms with Gasteiger partial charge in [0, 0.05) is 18.8 Å². The van der Waals surface area contributed by atoms with E-state index in [1.165, 1.54) is 0 Å². The molecule has 1 rings (SSSR count). The van der Waals surface area contributed by atoms with Gasteiger partial charge in [0.1, 0.15) is 5.75 Å². The number of aliphatic hydroxyl groups excluding tert-OH is 1. The van der Waals surface area contributed by atoms with Gasteiger partial charge in [0.2, 0.25) is 0 Å². The number of methoxy groups -OCH3 is 1. The summed E-state index contributed by atoms with van der Waals surface area (Å²) in [7, 11) is 1.66. The van der Waals surface area contributed by atoms with Crippen molar-refractivity contribution in [2.75, 3.05) is 25.6 Å². The Hall–Kier alpha value is -1.22. The highest BCUT2D eigenvalue weighted by Crippen LogP contribution is 2.20. The number of aryl methyl sites for hydroxylation is 1. The van der Waals surface area contributed by atoms with E-state index in [1.54, 1.807) is 7.11 Å². The maximum Gasteiger partial charge on any atom is 0.119 e. The summed E-state index contributed by atoms with van der Waals surface area (Å²) >= 11 is 0. The Morgan fingerprint density at radius 1 is 1.43 bits per heavy atom. The van der Waals surface area contributed by atoms with Crippen LogP contribution in [0.5, 0.6) is 5.75 Å². The van der Waals surface area contributed by atoms with Crippen molar-refractivity contribution in [3.63, 3.8) is 0 Å². The van der Waals surface area contributed by atoms with Crippen molar-refractivity contribution in [3.8, 4) is 5.75 Å². The number of ether oxygens (including phenoxy) is 1. The van der Waals surface area contributed by atoms with Crippen molar-refractivity contribution in [1.29, 1.82) is 0 Å². The van der Waals surface area contributed by atoms with E-state index < -0.39 is 0 Å². The van der Waals surface area contributed by atoms with E-state index in [-0.39, 0.29) is 6.61 Å². The van der Waals surface area contributed by atoms with Crippen molar-refractivity contribution < 1.29 is 9.84 Å². The van der Waals surface area contributed by atoms with Gasteiger partial charge in [-0.15, -0.1) is 0 Å². The molecular weight excluding hydrogens is 178 g/mol. The zero-order valence-electron chi connectivity index (χ0n) is 8.71. The molecule has 2 N–H and O–H groups in total. The molecule has 0 aliphatic carbocycles. The molecule has 14 heavy (non-hydrogen) atoms. The molecular formula is C11H17NO2. The Balaban J connectivity index is 2.59. The molecule has 1 aromatic carbocycles. The zero-order chi connectivity index (χ0) is 10.4. The Morgan fingerprint density at radius 2 is 2.21 bits per heavy atom. The van der Waals surface area contributed by atoms with Crippen LogP contribution in [-0.4, -0.2) is 25.4 Å². The van der Waals surface area contributed by atoms with Crippen LogP contribution >= 0.6 is 0 Å². The molecule has 3 nitrogen and oxygen atoms in total. The van der Waals surface area contributed by atoms with Crippen LogP contribution in [-0.2, 0) is 0 Å². The van der Waals surface area contributed by atoms with Crippen LogP contribution in [0.4, 0.5) is 5.69 Å². The molecule has 0 aromatic heterocycles. The second-order valence-electron chi connectivity index (χ2n) is 3.18. The maximum absolute atomic E-state index is 8.64. The Morgan fingerprint density at radius 3 is 2.79 bits per heavy atom. The van der Waals surface area contributed by atoms with Gasteiger partial charge in [-0.05, 0) is 37.1 Å². The molecule has 0 bridgehead atoms. The predicted octanol–water partition coefficient (Wildman–Crippen LogP) is 1.80. The quantitative estimate of drug-likeness (QED) is 0.704. The van der Waals surface area contributed by atoms with Gasteiger partial charge < -0.3 is 15.2 Å². The van der Waals surface area contributed by atoms with Crippen LogP contribution < -0.4 is 10.1 Å². The van der Waals surface area contributed by atoms with Gasteiger partial charge >= 0.3 is 0 Å². The second kappa shape index (κ2) is 5.50. The highest BCUT2D eigenvalue weighted by atomic mass is 16.5. The molecule has 0 saturated heterocycles. The third kappa shape index (κ3) is 2.92. The fourth-order valence-corrected chi connectivity index (χ4v) is 1.26. The van der Waals surface area contributed by atoms with Gasteiger partial charge in [0.05, 0.1) is 7.11 Å². The van der Waals surface area contributed by atoms with Gasteiger partial charge in [-0.25, -0.2) is 0 Å². The summed E-state index contributed by atoms with van der Waals surface area (Å²) in [5.41, 5.74) is 2.25. The van der Waals surface area contributed by atoms with Gasteiger partial charge in [0.25, 0.3) is 0 Å². The van der Waals surface area contributed by atoms with E-state index in [2.05, 4.69) is 5.32 Å². The van der Waals surface area contributed by atoms with Gasteiger partial charge in [-0.1, -0.05) is 0 Å². The van der Waals surface area contributed by atoms with Crippen LogP contribution in [0, 0.1) is 6.92 Å². The average molecular weight is 195 g/mol. The SMILES string of the molecule is COc1ccc(NCCCO)c(C)c1. The smallest absolute Gasteiger partial charge is 0.119 e. The summed E-state index contributed by atoms with van der Waals surface area (Å²) in [6.07, 6.45) is 0.769. The largest absolute Gasteiger partial charge is 0.497 e. The van der Waals surface area contributed by atoms with Crippen molar-refractivity contribution in [2.24, 2.45) is 0 Å². The molecule has 0 radical (unpaired) electrons. The first-order valence-electron chi connectivity index (χ1n) is 4.77. The van der Waals surface area contributed by atoms with Gasteiger partial charge in [-0.2, -0.15) is 0 Å². The molecule has 78 valence electrons. The minimum absolute atomic E-state index is 0.224. The maximum atomic E-state index is 8.64. The number of nitrogens with one attached hydrogen (secondary N) is 1. The first kappa shape index (κ1) is 10.9. The number of hydrogen-bond acceptors (Lipinski definition) is 3. The lowest BCUT2D eigenvalue weighted by molar-refractivity contribution is 0.292. The molecule has 0 aliphatic heterocycles. The monoisotopic (exact) mass is 195 g/mol. The third-order valence-corrected chi connectivity index (χ3v) is 2.08. The molecule has 0 spiro atoms. The van der Waals surface area contributed by atoms with E-state index >= 15 is 0 Å². The molecule has 0 amide bonds. The Bertz CT molecular complexity index is 287. The van der Waals surface area contributed by atoms with E-state index in [1.807, 2.05) is 25.1 Å². The number of benzene rings is 1. The van der Waals surface area contributed by atoms with Gasteiger partial charge in [0.15, 0.2) is 0 Å². The minimum Gasteiger partial charge on any atom is -0.497 e. The average Bonchev–Trinajstić information content (AvgIpc) is 2.20. The van der Waals surface area contributed by atoms with Gasteiger partial charge in [-0.3, -0.25) is 0 Å². The minimum atomic E-state index is 0.224. The first-order chi connectivity index (χ1) is 6.77.